The highest BCUT2D eigenvalue weighted by Crippen LogP contribution is 2.78. The number of esters is 1. The number of rotatable bonds is 3. The molecule has 7 rings (SSSR count). The summed E-state index contributed by atoms with van der Waals surface area (Å²) in [7, 11) is 0. The highest BCUT2D eigenvalue weighted by Gasteiger charge is 2.75. The smallest absolute Gasteiger partial charge is 0.333 e. The molecule has 0 amide bonds. The molecule has 2 saturated heterocycles. The summed E-state index contributed by atoms with van der Waals surface area (Å²) >= 11 is 0. The summed E-state index contributed by atoms with van der Waals surface area (Å²) in [4.78, 5) is 26.4. The molecule has 0 aromatic rings. The van der Waals surface area contributed by atoms with E-state index in [0.29, 0.717) is 43.3 Å². The second-order valence-corrected chi connectivity index (χ2v) is 16.7. The molecule has 0 aromatic heterocycles. The van der Waals surface area contributed by atoms with Crippen LogP contribution >= 0.6 is 0 Å². The van der Waals surface area contributed by atoms with Crippen molar-refractivity contribution in [1.29, 1.82) is 0 Å². The summed E-state index contributed by atoms with van der Waals surface area (Å²) in [6.45, 7) is 17.9. The predicted octanol–water partition coefficient (Wildman–Crippen LogP) is 7.06. The number of allylic oxidation sites excluding steroid dienone is 3. The van der Waals surface area contributed by atoms with Crippen LogP contribution < -0.4 is 0 Å². The first-order valence-electron chi connectivity index (χ1n) is 16.1. The second kappa shape index (κ2) is 8.71. The third kappa shape index (κ3) is 3.50. The van der Waals surface area contributed by atoms with Gasteiger partial charge in [-0.25, -0.2) is 4.79 Å². The highest BCUT2D eigenvalue weighted by molar-refractivity contribution is 5.88. The molecule has 2 heterocycles. The molecular weight excluding hydrogens is 516 g/mol. The van der Waals surface area contributed by atoms with E-state index < -0.39 is 29.2 Å². The van der Waals surface area contributed by atoms with E-state index in [1.807, 2.05) is 6.92 Å². The van der Waals surface area contributed by atoms with Crippen molar-refractivity contribution in [3.8, 4) is 0 Å². The van der Waals surface area contributed by atoms with E-state index in [1.165, 1.54) is 5.57 Å². The largest absolute Gasteiger partial charge is 0.481 e. The number of ether oxygens (including phenoxy) is 2. The van der Waals surface area contributed by atoms with Crippen LogP contribution in [0.25, 0.3) is 0 Å². The van der Waals surface area contributed by atoms with Crippen LogP contribution in [0.2, 0.25) is 0 Å². The van der Waals surface area contributed by atoms with Gasteiger partial charge in [-0.3, -0.25) is 4.79 Å². The fourth-order valence-electron chi connectivity index (χ4n) is 11.7. The summed E-state index contributed by atoms with van der Waals surface area (Å²) < 4.78 is 12.5. The third-order valence-corrected chi connectivity index (χ3v) is 14.5. The van der Waals surface area contributed by atoms with Gasteiger partial charge in [-0.1, -0.05) is 59.3 Å². The van der Waals surface area contributed by atoms with Gasteiger partial charge in [0.05, 0.1) is 6.61 Å². The number of aliphatic carboxylic acids is 1. The number of hydrogen-bond acceptors (Lipinski definition) is 5. The van der Waals surface area contributed by atoms with Crippen molar-refractivity contribution >= 4 is 11.9 Å². The SMILES string of the molecule is C/C=C(\C)C(=O)OC1CC(C)(C)CC2C3=CCC4C56CCC(O)(OC5)C(C)(C)C6CCC4(C)C3(C)CCC12C(=O)O. The second-order valence-electron chi connectivity index (χ2n) is 16.7. The van der Waals surface area contributed by atoms with Crippen molar-refractivity contribution in [3.05, 3.63) is 23.3 Å². The van der Waals surface area contributed by atoms with Crippen LogP contribution in [0.4, 0.5) is 0 Å². The van der Waals surface area contributed by atoms with Crippen LogP contribution in [0.15, 0.2) is 23.3 Å². The maximum absolute atomic E-state index is 13.4. The highest BCUT2D eigenvalue weighted by atomic mass is 16.6. The van der Waals surface area contributed by atoms with Crippen molar-refractivity contribution in [2.75, 3.05) is 6.61 Å². The van der Waals surface area contributed by atoms with Crippen molar-refractivity contribution in [3.63, 3.8) is 0 Å². The lowest BCUT2D eigenvalue weighted by Gasteiger charge is -2.74. The lowest BCUT2D eigenvalue weighted by Crippen LogP contribution is -2.73. The number of carbonyl (C=O) groups is 2. The molecule has 6 nitrogen and oxygen atoms in total. The fourth-order valence-corrected chi connectivity index (χ4v) is 11.7. The van der Waals surface area contributed by atoms with E-state index in [2.05, 4.69) is 47.6 Å². The van der Waals surface area contributed by atoms with Crippen molar-refractivity contribution in [2.45, 2.75) is 125 Å². The molecule has 2 bridgehead atoms. The minimum atomic E-state index is -1.11. The Hall–Kier alpha value is -1.66. The minimum absolute atomic E-state index is 0.000216. The van der Waals surface area contributed by atoms with Crippen LogP contribution in [0.5, 0.6) is 0 Å². The molecule has 5 aliphatic carbocycles. The van der Waals surface area contributed by atoms with Gasteiger partial charge in [0, 0.05) is 28.7 Å². The normalized spacial score (nSPS) is 49.5. The van der Waals surface area contributed by atoms with Gasteiger partial charge in [0.1, 0.15) is 11.5 Å². The van der Waals surface area contributed by atoms with Crippen LogP contribution in [0.1, 0.15) is 113 Å². The van der Waals surface area contributed by atoms with Crippen LogP contribution in [-0.2, 0) is 19.1 Å². The van der Waals surface area contributed by atoms with Crippen molar-refractivity contribution in [1.82, 2.24) is 0 Å². The average Bonchev–Trinajstić information content (AvgIpc) is 2.88. The standard InChI is InChI=1S/C35H52O6/c1-9-21(2)27(36)41-26-19-29(3,4)18-23-22-10-11-25-32(8,31(22,7)14-16-34(23,26)28(37)38)13-12-24-30(5,6)35(39)17-15-33(24,25)20-40-35/h9-10,23-26,39H,11-20H2,1-8H3,(H,37,38)/b21-9+. The van der Waals surface area contributed by atoms with E-state index in [9.17, 15) is 19.8 Å². The Morgan fingerprint density at radius 3 is 2.32 bits per heavy atom. The molecule has 228 valence electrons. The molecule has 1 spiro atoms. The predicted molar refractivity (Wildman–Crippen MR) is 157 cm³/mol. The minimum Gasteiger partial charge on any atom is -0.481 e. The van der Waals surface area contributed by atoms with Crippen molar-refractivity contribution in [2.24, 2.45) is 50.2 Å². The summed E-state index contributed by atoms with van der Waals surface area (Å²) in [5.74, 6) is -1.60. The summed E-state index contributed by atoms with van der Waals surface area (Å²) in [6, 6.07) is 0. The Morgan fingerprint density at radius 1 is 1.00 bits per heavy atom. The maximum atomic E-state index is 13.4. The number of fused-ring (bicyclic) bond motifs is 7. The Labute approximate surface area is 246 Å². The molecule has 0 radical (unpaired) electrons. The first kappa shape index (κ1) is 29.4. The van der Waals surface area contributed by atoms with Gasteiger partial charge in [0.15, 0.2) is 5.79 Å². The Bertz CT molecular complexity index is 1220. The topological polar surface area (TPSA) is 93.1 Å². The number of hydrogen-bond donors (Lipinski definition) is 2. The van der Waals surface area contributed by atoms with E-state index in [1.54, 1.807) is 13.0 Å². The lowest BCUT2D eigenvalue weighted by atomic mass is 9.32. The molecule has 6 heteroatoms. The molecule has 9 unspecified atom stereocenters. The number of carboxylic acids is 1. The molecule has 7 aliphatic rings. The Balaban J connectivity index is 1.44. The van der Waals surface area contributed by atoms with Gasteiger partial charge < -0.3 is 19.7 Å². The Morgan fingerprint density at radius 2 is 1.71 bits per heavy atom. The summed E-state index contributed by atoms with van der Waals surface area (Å²) in [5, 5.41) is 22.4. The molecule has 41 heavy (non-hydrogen) atoms. The van der Waals surface area contributed by atoms with E-state index in [-0.39, 0.29) is 33.0 Å². The first-order valence-corrected chi connectivity index (χ1v) is 16.1. The first-order chi connectivity index (χ1) is 18.9. The average molecular weight is 569 g/mol. The molecule has 2 aliphatic heterocycles. The lowest BCUT2D eigenvalue weighted by molar-refractivity contribution is -0.395. The zero-order valence-corrected chi connectivity index (χ0v) is 26.6. The van der Waals surface area contributed by atoms with Crippen molar-refractivity contribution < 1.29 is 29.3 Å². The molecule has 2 N–H and O–H groups in total. The quantitative estimate of drug-likeness (QED) is 0.215. The maximum Gasteiger partial charge on any atom is 0.333 e. The van der Waals surface area contributed by atoms with Crippen LogP contribution in [0, 0.1) is 50.2 Å². The summed E-state index contributed by atoms with van der Waals surface area (Å²) in [6.07, 6.45) is 10.9. The molecule has 0 aromatic carbocycles. The number of carbonyl (C=O) groups excluding carboxylic acids is 1. The molecule has 6 fully saturated rings. The number of carboxylic acid groups (broad SMARTS) is 1. The Kier molecular flexibility index (Phi) is 6.25. The van der Waals surface area contributed by atoms with Crippen LogP contribution in [-0.4, -0.2) is 40.6 Å². The zero-order chi connectivity index (χ0) is 30.0. The van der Waals surface area contributed by atoms with E-state index in [4.69, 9.17) is 9.47 Å². The van der Waals surface area contributed by atoms with Gasteiger partial charge in [-0.05, 0) is 93.3 Å². The zero-order valence-electron chi connectivity index (χ0n) is 26.6. The van der Waals surface area contributed by atoms with Gasteiger partial charge >= 0.3 is 11.9 Å². The van der Waals surface area contributed by atoms with E-state index >= 15 is 0 Å². The summed E-state index contributed by atoms with van der Waals surface area (Å²) in [5.41, 5.74) is 0.153. The van der Waals surface area contributed by atoms with Gasteiger partial charge in [0.2, 0.25) is 0 Å². The van der Waals surface area contributed by atoms with Crippen LogP contribution in [0.3, 0.4) is 0 Å². The van der Waals surface area contributed by atoms with E-state index in [0.717, 1.165) is 38.5 Å². The van der Waals surface area contributed by atoms with Gasteiger partial charge in [-0.15, -0.1) is 0 Å². The third-order valence-electron chi connectivity index (χ3n) is 14.5. The molecule has 9 atom stereocenters. The molecular formula is C35H52O6. The van der Waals surface area contributed by atoms with Gasteiger partial charge in [-0.2, -0.15) is 0 Å². The van der Waals surface area contributed by atoms with Gasteiger partial charge in [0.25, 0.3) is 0 Å². The fraction of sp³-hybridized carbons (Fsp3) is 0.829. The molecule has 4 saturated carbocycles. The number of aliphatic hydroxyl groups is 1. The monoisotopic (exact) mass is 568 g/mol.